The van der Waals surface area contributed by atoms with Crippen LogP contribution in [0.3, 0.4) is 0 Å². The van der Waals surface area contributed by atoms with Crippen LogP contribution in [0.5, 0.6) is 0 Å². The van der Waals surface area contributed by atoms with Crippen molar-refractivity contribution in [3.05, 3.63) is 64.0 Å². The van der Waals surface area contributed by atoms with Crippen LogP contribution >= 0.6 is 11.8 Å². The molecule has 26 heavy (non-hydrogen) atoms. The number of nitrogens with zero attached hydrogens (tertiary/aromatic N) is 3. The Bertz CT molecular complexity index is 790. The lowest BCUT2D eigenvalue weighted by atomic mass is 9.98. The van der Waals surface area contributed by atoms with E-state index in [-0.39, 0.29) is 11.6 Å². The van der Waals surface area contributed by atoms with Crippen molar-refractivity contribution in [3.63, 3.8) is 0 Å². The standard InChI is InChI=1S/C19H21N3O3S/c1-14-6-10-21(11-7-14)19(23)16-2-3-18(17(12-16)22(24)25)26-13-15-4-8-20-9-5-15/h2-5,8-9,12,14H,6-7,10-11,13H2,1H3. The molecule has 6 nitrogen and oxygen atoms in total. The van der Waals surface area contributed by atoms with E-state index in [1.165, 1.54) is 17.8 Å². The van der Waals surface area contributed by atoms with E-state index >= 15 is 0 Å². The lowest BCUT2D eigenvalue weighted by Gasteiger charge is -2.30. The molecule has 1 amide bonds. The molecule has 3 rings (SSSR count). The zero-order chi connectivity index (χ0) is 18.5. The molecule has 1 aliphatic rings. The Morgan fingerprint density at radius 3 is 2.62 bits per heavy atom. The minimum Gasteiger partial charge on any atom is -0.339 e. The number of aromatic nitrogens is 1. The van der Waals surface area contributed by atoms with Crippen LogP contribution in [0.15, 0.2) is 47.6 Å². The maximum absolute atomic E-state index is 12.7. The van der Waals surface area contributed by atoms with Crippen molar-refractivity contribution in [2.24, 2.45) is 5.92 Å². The van der Waals surface area contributed by atoms with Crippen LogP contribution in [0.2, 0.25) is 0 Å². The Labute approximate surface area is 156 Å². The van der Waals surface area contributed by atoms with Gasteiger partial charge >= 0.3 is 0 Å². The van der Waals surface area contributed by atoms with Crippen LogP contribution in [-0.4, -0.2) is 33.8 Å². The first-order valence-electron chi connectivity index (χ1n) is 8.64. The predicted molar refractivity (Wildman–Crippen MR) is 101 cm³/mol. The zero-order valence-electron chi connectivity index (χ0n) is 14.6. The maximum Gasteiger partial charge on any atom is 0.283 e. The van der Waals surface area contributed by atoms with Gasteiger partial charge in [-0.2, -0.15) is 0 Å². The van der Waals surface area contributed by atoms with Gasteiger partial charge in [0.2, 0.25) is 0 Å². The largest absolute Gasteiger partial charge is 0.339 e. The number of benzene rings is 1. The van der Waals surface area contributed by atoms with Gasteiger partial charge in [-0.1, -0.05) is 6.92 Å². The van der Waals surface area contributed by atoms with Crippen molar-refractivity contribution in [1.29, 1.82) is 0 Å². The summed E-state index contributed by atoms with van der Waals surface area (Å²) in [4.78, 5) is 30.1. The van der Waals surface area contributed by atoms with Crippen molar-refractivity contribution in [3.8, 4) is 0 Å². The third-order valence-corrected chi connectivity index (χ3v) is 5.75. The Kier molecular flexibility index (Phi) is 5.88. The number of nitro groups is 1. The van der Waals surface area contributed by atoms with Crippen molar-refractivity contribution >= 4 is 23.4 Å². The molecule has 0 radical (unpaired) electrons. The summed E-state index contributed by atoms with van der Waals surface area (Å²) < 4.78 is 0. The number of thioether (sulfide) groups is 1. The Balaban J connectivity index is 1.76. The number of carbonyl (C=O) groups is 1. The van der Waals surface area contributed by atoms with Gasteiger partial charge in [-0.15, -0.1) is 11.8 Å². The van der Waals surface area contributed by atoms with Gasteiger partial charge in [0.05, 0.1) is 9.82 Å². The predicted octanol–water partition coefficient (Wildman–Crippen LogP) is 4.15. The van der Waals surface area contributed by atoms with E-state index in [0.29, 0.717) is 35.2 Å². The zero-order valence-corrected chi connectivity index (χ0v) is 15.4. The number of likely N-dealkylation sites (tertiary alicyclic amines) is 1. The molecule has 1 fully saturated rings. The number of rotatable bonds is 5. The molecular formula is C19H21N3O3S. The molecule has 2 aromatic rings. The first-order chi connectivity index (χ1) is 12.5. The summed E-state index contributed by atoms with van der Waals surface area (Å²) in [6.07, 6.45) is 5.36. The van der Waals surface area contributed by atoms with E-state index in [9.17, 15) is 14.9 Å². The SMILES string of the molecule is CC1CCN(C(=O)c2ccc(SCc3ccncc3)c([N+](=O)[O-])c2)CC1. The van der Waals surface area contributed by atoms with Crippen LogP contribution in [0.25, 0.3) is 0 Å². The van der Waals surface area contributed by atoms with Crippen molar-refractivity contribution in [2.75, 3.05) is 13.1 Å². The van der Waals surface area contributed by atoms with E-state index in [1.54, 1.807) is 29.4 Å². The fourth-order valence-electron chi connectivity index (χ4n) is 2.95. The summed E-state index contributed by atoms with van der Waals surface area (Å²) in [5, 5.41) is 11.5. The number of nitro benzene ring substituents is 1. The first kappa shape index (κ1) is 18.4. The molecule has 1 saturated heterocycles. The highest BCUT2D eigenvalue weighted by molar-refractivity contribution is 7.98. The summed E-state index contributed by atoms with van der Waals surface area (Å²) in [5.74, 6) is 1.12. The Hall–Kier alpha value is -2.41. The highest BCUT2D eigenvalue weighted by Crippen LogP contribution is 2.33. The average molecular weight is 371 g/mol. The summed E-state index contributed by atoms with van der Waals surface area (Å²) in [5.41, 5.74) is 1.42. The number of piperidine rings is 1. The molecule has 0 bridgehead atoms. The van der Waals surface area contributed by atoms with Gasteiger partial charge in [0.15, 0.2) is 0 Å². The van der Waals surface area contributed by atoms with Gasteiger partial charge in [-0.3, -0.25) is 19.9 Å². The Morgan fingerprint density at radius 2 is 1.96 bits per heavy atom. The number of amides is 1. The molecule has 0 N–H and O–H groups in total. The second kappa shape index (κ2) is 8.31. The number of carbonyl (C=O) groups excluding carboxylic acids is 1. The second-order valence-electron chi connectivity index (χ2n) is 6.56. The molecule has 2 heterocycles. The van der Waals surface area contributed by atoms with Crippen LogP contribution in [-0.2, 0) is 5.75 Å². The van der Waals surface area contributed by atoms with Gasteiger partial charge < -0.3 is 4.90 Å². The fourth-order valence-corrected chi connectivity index (χ4v) is 3.91. The smallest absolute Gasteiger partial charge is 0.283 e. The van der Waals surface area contributed by atoms with Gasteiger partial charge in [0.25, 0.3) is 11.6 Å². The third-order valence-electron chi connectivity index (χ3n) is 4.62. The van der Waals surface area contributed by atoms with Crippen molar-refractivity contribution in [1.82, 2.24) is 9.88 Å². The normalized spacial score (nSPS) is 15.0. The molecule has 0 aliphatic carbocycles. The minimum atomic E-state index is -0.413. The van der Waals surface area contributed by atoms with E-state index in [1.807, 2.05) is 12.1 Å². The van der Waals surface area contributed by atoms with Gasteiger partial charge in [-0.05, 0) is 48.6 Å². The van der Waals surface area contributed by atoms with Crippen LogP contribution in [0, 0.1) is 16.0 Å². The molecular weight excluding hydrogens is 350 g/mol. The van der Waals surface area contributed by atoms with Crippen LogP contribution in [0.4, 0.5) is 5.69 Å². The number of pyridine rings is 1. The lowest BCUT2D eigenvalue weighted by molar-refractivity contribution is -0.387. The van der Waals surface area contributed by atoms with Crippen molar-refractivity contribution < 1.29 is 9.72 Å². The summed E-state index contributed by atoms with van der Waals surface area (Å²) in [7, 11) is 0. The minimum absolute atomic E-state index is 0.0136. The van der Waals surface area contributed by atoms with Gasteiger partial charge in [0, 0.05) is 42.9 Å². The van der Waals surface area contributed by atoms with Gasteiger partial charge in [0.1, 0.15) is 0 Å². The van der Waals surface area contributed by atoms with E-state index in [2.05, 4.69) is 11.9 Å². The molecule has 0 saturated carbocycles. The second-order valence-corrected chi connectivity index (χ2v) is 7.58. The van der Waals surface area contributed by atoms with Crippen molar-refractivity contribution in [2.45, 2.75) is 30.4 Å². The number of hydrogen-bond donors (Lipinski definition) is 0. The molecule has 0 spiro atoms. The summed E-state index contributed by atoms with van der Waals surface area (Å²) in [6, 6.07) is 8.56. The molecule has 1 aromatic carbocycles. The highest BCUT2D eigenvalue weighted by Gasteiger charge is 2.24. The molecule has 0 unspecified atom stereocenters. The third kappa shape index (κ3) is 4.40. The lowest BCUT2D eigenvalue weighted by Crippen LogP contribution is -2.37. The van der Waals surface area contributed by atoms with E-state index < -0.39 is 4.92 Å². The van der Waals surface area contributed by atoms with Gasteiger partial charge in [-0.25, -0.2) is 0 Å². The molecule has 136 valence electrons. The molecule has 1 aromatic heterocycles. The topological polar surface area (TPSA) is 76.3 Å². The molecule has 1 aliphatic heterocycles. The summed E-state index contributed by atoms with van der Waals surface area (Å²) in [6.45, 7) is 3.61. The van der Waals surface area contributed by atoms with E-state index in [4.69, 9.17) is 0 Å². The van der Waals surface area contributed by atoms with Crippen LogP contribution in [0.1, 0.15) is 35.7 Å². The van der Waals surface area contributed by atoms with Crippen LogP contribution < -0.4 is 0 Å². The monoisotopic (exact) mass is 371 g/mol. The molecule has 7 heteroatoms. The quantitative estimate of drug-likeness (QED) is 0.448. The molecule has 0 atom stereocenters. The highest BCUT2D eigenvalue weighted by atomic mass is 32.2. The first-order valence-corrected chi connectivity index (χ1v) is 9.62. The maximum atomic E-state index is 12.7. The van der Waals surface area contributed by atoms with E-state index in [0.717, 1.165) is 18.4 Å². The summed E-state index contributed by atoms with van der Waals surface area (Å²) >= 11 is 1.39. The number of hydrogen-bond acceptors (Lipinski definition) is 5. The average Bonchev–Trinajstić information content (AvgIpc) is 2.67. The fraction of sp³-hybridized carbons (Fsp3) is 0.368. The Morgan fingerprint density at radius 1 is 1.27 bits per heavy atom.